The van der Waals surface area contributed by atoms with Gasteiger partial charge < -0.3 is 19.1 Å². The molecule has 41 heavy (non-hydrogen) atoms. The first-order valence-corrected chi connectivity index (χ1v) is 13.8. The molecule has 1 aromatic carbocycles. The zero-order chi connectivity index (χ0) is 29.5. The summed E-state index contributed by atoms with van der Waals surface area (Å²) in [6.07, 6.45) is 2.44. The third-order valence-electron chi connectivity index (χ3n) is 7.52. The topological polar surface area (TPSA) is 123 Å². The summed E-state index contributed by atoms with van der Waals surface area (Å²) in [4.78, 5) is 44.9. The zero-order valence-electron chi connectivity index (χ0n) is 23.4. The normalized spacial score (nSPS) is 18.0. The van der Waals surface area contributed by atoms with Crippen LogP contribution in [-0.2, 0) is 26.4 Å². The summed E-state index contributed by atoms with van der Waals surface area (Å²) < 4.78 is 33.7. The fourth-order valence-electron chi connectivity index (χ4n) is 5.29. The van der Waals surface area contributed by atoms with Gasteiger partial charge in [0.1, 0.15) is 33.0 Å². The number of ether oxygens (including phenoxy) is 3. The first kappa shape index (κ1) is 28.6. The van der Waals surface area contributed by atoms with Crippen LogP contribution in [0.3, 0.4) is 0 Å². The number of methoxy groups -OCH3 is 2. The molecule has 3 aromatic heterocycles. The Morgan fingerprint density at radius 1 is 1.15 bits per heavy atom. The number of hydrogen-bond acceptors (Lipinski definition) is 9. The fraction of sp³-hybridized carbons (Fsp3) is 0.444. The lowest BCUT2D eigenvalue weighted by molar-refractivity contribution is -0.133. The highest BCUT2D eigenvalue weighted by molar-refractivity contribution is 7.21. The van der Waals surface area contributed by atoms with Crippen LogP contribution >= 0.6 is 11.3 Å². The highest BCUT2D eigenvalue weighted by Gasteiger charge is 2.46. The molecule has 5 rings (SSSR count). The van der Waals surface area contributed by atoms with Crippen LogP contribution in [0.4, 0.5) is 4.39 Å². The number of likely N-dealkylation sites (tertiary alicyclic amines) is 1. The van der Waals surface area contributed by atoms with Crippen molar-refractivity contribution in [1.82, 2.24) is 29.0 Å². The van der Waals surface area contributed by atoms with Crippen molar-refractivity contribution in [1.29, 1.82) is 0 Å². The molecule has 4 heterocycles. The van der Waals surface area contributed by atoms with Crippen LogP contribution in [0, 0.1) is 12.7 Å². The second kappa shape index (κ2) is 11.2. The Labute approximate surface area is 238 Å². The number of rotatable bonds is 10. The number of likely N-dealkylation sites (N-methyl/N-ethyl adjacent to an activating group) is 1. The van der Waals surface area contributed by atoms with Crippen molar-refractivity contribution in [3.05, 3.63) is 68.4 Å². The van der Waals surface area contributed by atoms with Gasteiger partial charge in [-0.25, -0.2) is 13.8 Å². The second-order valence-electron chi connectivity index (χ2n) is 10.1. The van der Waals surface area contributed by atoms with E-state index in [1.165, 1.54) is 70.4 Å². The molecule has 1 aliphatic heterocycles. The molecular formula is C27H31FN6O6S. The molecule has 0 spiro atoms. The Morgan fingerprint density at radius 2 is 1.88 bits per heavy atom. The van der Waals surface area contributed by atoms with Crippen LogP contribution in [0.1, 0.15) is 30.6 Å². The number of hydrogen-bond donors (Lipinski definition) is 0. The summed E-state index contributed by atoms with van der Waals surface area (Å²) in [5.74, 6) is -0.464. The van der Waals surface area contributed by atoms with E-state index in [0.717, 1.165) is 4.57 Å². The van der Waals surface area contributed by atoms with Crippen LogP contribution in [0.15, 0.2) is 40.2 Å². The number of aromatic nitrogens is 5. The minimum atomic E-state index is -1.39. The quantitative estimate of drug-likeness (QED) is 0.259. The molecular weight excluding hydrogens is 555 g/mol. The van der Waals surface area contributed by atoms with Crippen molar-refractivity contribution in [2.75, 3.05) is 41.0 Å². The van der Waals surface area contributed by atoms with Crippen LogP contribution in [-0.4, -0.2) is 76.0 Å². The number of fused-ring (bicyclic) bond motifs is 1. The molecule has 0 N–H and O–H groups in total. The van der Waals surface area contributed by atoms with E-state index in [-0.39, 0.29) is 37.5 Å². The molecule has 14 heteroatoms. The van der Waals surface area contributed by atoms with Crippen molar-refractivity contribution in [3.8, 4) is 10.8 Å². The first-order chi connectivity index (χ1) is 19.6. The van der Waals surface area contributed by atoms with Crippen molar-refractivity contribution in [2.24, 2.45) is 0 Å². The summed E-state index contributed by atoms with van der Waals surface area (Å²) in [5.41, 5.74) is -1.69. The van der Waals surface area contributed by atoms with E-state index in [2.05, 4.69) is 10.2 Å². The van der Waals surface area contributed by atoms with Crippen LogP contribution in [0.25, 0.3) is 15.2 Å². The number of halogens is 1. The number of carbonyl (C=O) groups excluding carboxylic acids is 1. The molecule has 2 unspecified atom stereocenters. The monoisotopic (exact) mass is 586 g/mol. The lowest BCUT2D eigenvalue weighted by Gasteiger charge is -2.27. The van der Waals surface area contributed by atoms with Gasteiger partial charge in [0.15, 0.2) is 0 Å². The average Bonchev–Trinajstić information content (AvgIpc) is 3.66. The van der Waals surface area contributed by atoms with Crippen LogP contribution < -0.4 is 16.0 Å². The molecule has 0 bridgehead atoms. The van der Waals surface area contributed by atoms with Gasteiger partial charge in [-0.05, 0) is 38.5 Å². The Morgan fingerprint density at radius 3 is 2.51 bits per heavy atom. The van der Waals surface area contributed by atoms with Gasteiger partial charge >= 0.3 is 5.69 Å². The molecule has 0 radical (unpaired) electrons. The standard InChI is InChI=1S/C27H31FN6O6S/c1-16-21-22(35)33(27(2)8-11-31(3)25(27)36)26(37)32(24(21)41-23(16)34-29-9-10-30-34)15-20(40-13-12-38-4)18-14-17(28)6-7-19(18)39-5/h6-7,9-10,14,20H,8,11-13,15H2,1-5H3. The second-order valence-corrected chi connectivity index (χ2v) is 11.0. The molecule has 12 nitrogen and oxygen atoms in total. The minimum absolute atomic E-state index is 0.106. The van der Waals surface area contributed by atoms with Gasteiger partial charge in [0.2, 0.25) is 5.91 Å². The van der Waals surface area contributed by atoms with Gasteiger partial charge in [-0.2, -0.15) is 10.2 Å². The fourth-order valence-corrected chi connectivity index (χ4v) is 6.51. The number of benzene rings is 1. The number of aryl methyl sites for hydroxylation is 1. The van der Waals surface area contributed by atoms with E-state index in [9.17, 15) is 18.8 Å². The van der Waals surface area contributed by atoms with Gasteiger partial charge in [0, 0.05) is 31.8 Å². The third-order valence-corrected chi connectivity index (χ3v) is 8.80. The number of thiophene rings is 1. The van der Waals surface area contributed by atoms with Gasteiger partial charge in [-0.3, -0.25) is 14.2 Å². The molecule has 218 valence electrons. The predicted octanol–water partition coefficient (Wildman–Crippen LogP) is 2.24. The van der Waals surface area contributed by atoms with Crippen LogP contribution in [0.5, 0.6) is 5.75 Å². The molecule has 0 aliphatic carbocycles. The Bertz CT molecular complexity index is 1710. The predicted molar refractivity (Wildman–Crippen MR) is 149 cm³/mol. The van der Waals surface area contributed by atoms with Crippen molar-refractivity contribution in [2.45, 2.75) is 38.5 Å². The van der Waals surface area contributed by atoms with E-state index in [4.69, 9.17) is 14.2 Å². The Kier molecular flexibility index (Phi) is 7.81. The van der Waals surface area contributed by atoms with E-state index in [1.807, 2.05) is 0 Å². The maximum atomic E-state index is 14.5. The molecule has 1 amide bonds. The molecule has 1 fully saturated rings. The van der Waals surface area contributed by atoms with E-state index in [0.29, 0.717) is 33.3 Å². The minimum Gasteiger partial charge on any atom is -0.496 e. The maximum absolute atomic E-state index is 14.5. The molecule has 4 aromatic rings. The largest absolute Gasteiger partial charge is 0.496 e. The number of carbonyl (C=O) groups is 1. The molecule has 1 saturated heterocycles. The highest BCUT2D eigenvalue weighted by Crippen LogP contribution is 2.35. The molecule has 0 saturated carbocycles. The van der Waals surface area contributed by atoms with E-state index in [1.54, 1.807) is 20.9 Å². The van der Waals surface area contributed by atoms with Crippen molar-refractivity contribution < 1.29 is 23.4 Å². The van der Waals surface area contributed by atoms with E-state index < -0.39 is 28.7 Å². The highest BCUT2D eigenvalue weighted by atomic mass is 32.1. The Balaban J connectivity index is 1.78. The number of nitrogens with zero attached hydrogens (tertiary/aromatic N) is 6. The Hall–Kier alpha value is -3.88. The summed E-state index contributed by atoms with van der Waals surface area (Å²) in [6.45, 7) is 4.05. The summed E-state index contributed by atoms with van der Waals surface area (Å²) in [6, 6.07) is 4.06. The smallest absolute Gasteiger partial charge is 0.333 e. The van der Waals surface area contributed by atoms with E-state index >= 15 is 0 Å². The third kappa shape index (κ3) is 4.85. The lowest BCUT2D eigenvalue weighted by Crippen LogP contribution is -2.53. The summed E-state index contributed by atoms with van der Waals surface area (Å²) >= 11 is 1.17. The van der Waals surface area contributed by atoms with Crippen LogP contribution in [0.2, 0.25) is 0 Å². The number of amides is 1. The first-order valence-electron chi connectivity index (χ1n) is 13.0. The SMILES string of the molecule is COCCOC(Cn1c(=O)n(C2(C)CCN(C)C2=O)c(=O)c2c(C)c(-n3nccn3)sc21)c1cc(F)ccc1OC. The van der Waals surface area contributed by atoms with Gasteiger partial charge in [-0.1, -0.05) is 11.3 Å². The zero-order valence-corrected chi connectivity index (χ0v) is 24.2. The van der Waals surface area contributed by atoms with Gasteiger partial charge in [0.05, 0.1) is 44.6 Å². The average molecular weight is 587 g/mol. The van der Waals surface area contributed by atoms with Crippen molar-refractivity contribution >= 4 is 27.5 Å². The molecule has 1 aliphatic rings. The lowest BCUT2D eigenvalue weighted by atomic mass is 10.00. The maximum Gasteiger partial charge on any atom is 0.333 e. The summed E-state index contributed by atoms with van der Waals surface area (Å²) in [5, 5.41) is 9.25. The van der Waals surface area contributed by atoms with Gasteiger partial charge in [-0.15, -0.1) is 4.80 Å². The summed E-state index contributed by atoms with van der Waals surface area (Å²) in [7, 11) is 4.63. The van der Waals surface area contributed by atoms with Crippen molar-refractivity contribution in [3.63, 3.8) is 0 Å². The molecule has 2 atom stereocenters. The van der Waals surface area contributed by atoms with Gasteiger partial charge in [0.25, 0.3) is 5.56 Å².